The fraction of sp³-hybridized carbons (Fsp3) is 0.571. The van der Waals surface area contributed by atoms with Crippen LogP contribution in [0, 0.1) is 0 Å². The summed E-state index contributed by atoms with van der Waals surface area (Å²) in [6, 6.07) is 8.15. The average Bonchev–Trinajstić information content (AvgIpc) is 3.20. The van der Waals surface area contributed by atoms with Crippen molar-refractivity contribution in [3.63, 3.8) is 0 Å². The van der Waals surface area contributed by atoms with E-state index in [-0.39, 0.29) is 0 Å². The number of aryl methyl sites for hydroxylation is 1. The fourth-order valence-electron chi connectivity index (χ4n) is 3.48. The van der Waals surface area contributed by atoms with Crippen molar-refractivity contribution in [1.29, 1.82) is 0 Å². The van der Waals surface area contributed by atoms with Crippen molar-refractivity contribution in [2.24, 2.45) is 4.99 Å². The molecule has 7 nitrogen and oxygen atoms in total. The second-order valence-electron chi connectivity index (χ2n) is 7.32. The summed E-state index contributed by atoms with van der Waals surface area (Å²) in [6.07, 6.45) is 3.75. The van der Waals surface area contributed by atoms with Gasteiger partial charge in [-0.25, -0.2) is 0 Å². The molecule has 1 aliphatic heterocycles. The van der Waals surface area contributed by atoms with Crippen LogP contribution < -0.4 is 5.32 Å². The monoisotopic (exact) mass is 417 g/mol. The minimum atomic E-state index is 0.791. The van der Waals surface area contributed by atoms with Crippen molar-refractivity contribution in [3.05, 3.63) is 47.0 Å². The molecule has 0 unspecified atom stereocenters. The second kappa shape index (κ2) is 11.2. The molecular formula is C21H32ClN7. The average molecular weight is 418 g/mol. The Morgan fingerprint density at radius 3 is 2.59 bits per heavy atom. The molecule has 0 spiro atoms. The molecule has 0 bridgehead atoms. The van der Waals surface area contributed by atoms with Gasteiger partial charge in [-0.15, -0.1) is 10.2 Å². The van der Waals surface area contributed by atoms with Crippen molar-refractivity contribution in [1.82, 2.24) is 29.9 Å². The van der Waals surface area contributed by atoms with E-state index < -0.39 is 0 Å². The van der Waals surface area contributed by atoms with Crippen molar-refractivity contribution < 1.29 is 0 Å². The maximum atomic E-state index is 5.99. The Hall–Kier alpha value is -2.12. The highest BCUT2D eigenvalue weighted by atomic mass is 35.5. The minimum absolute atomic E-state index is 0.791. The third-order valence-corrected chi connectivity index (χ3v) is 5.38. The lowest BCUT2D eigenvalue weighted by molar-refractivity contribution is 0.172. The molecule has 0 radical (unpaired) electrons. The van der Waals surface area contributed by atoms with Crippen molar-refractivity contribution in [2.45, 2.75) is 39.8 Å². The highest BCUT2D eigenvalue weighted by Gasteiger charge is 2.19. The van der Waals surface area contributed by atoms with Crippen LogP contribution in [0.3, 0.4) is 0 Å². The molecule has 0 saturated carbocycles. The van der Waals surface area contributed by atoms with E-state index in [1.54, 1.807) is 6.33 Å². The van der Waals surface area contributed by atoms with Crippen LogP contribution >= 0.6 is 11.6 Å². The molecule has 3 rings (SSSR count). The zero-order chi connectivity index (χ0) is 20.5. The zero-order valence-corrected chi connectivity index (χ0v) is 18.3. The summed E-state index contributed by atoms with van der Waals surface area (Å²) in [5, 5.41) is 12.5. The molecule has 1 aromatic heterocycles. The van der Waals surface area contributed by atoms with Crippen LogP contribution in [0.15, 0.2) is 35.6 Å². The minimum Gasteiger partial charge on any atom is -0.354 e. The quantitative estimate of drug-likeness (QED) is 0.528. The van der Waals surface area contributed by atoms with E-state index in [4.69, 9.17) is 16.6 Å². The highest BCUT2D eigenvalue weighted by Crippen LogP contribution is 2.13. The Balaban J connectivity index is 1.49. The Morgan fingerprint density at radius 2 is 1.90 bits per heavy atom. The first-order valence-electron chi connectivity index (χ1n) is 10.6. The molecule has 2 heterocycles. The van der Waals surface area contributed by atoms with Gasteiger partial charge >= 0.3 is 0 Å². The van der Waals surface area contributed by atoms with Crippen LogP contribution in [0.5, 0.6) is 0 Å². The van der Waals surface area contributed by atoms with Crippen LogP contribution in [-0.2, 0) is 19.5 Å². The van der Waals surface area contributed by atoms with Gasteiger partial charge in [-0.1, -0.05) is 37.6 Å². The van der Waals surface area contributed by atoms with E-state index in [1.165, 1.54) is 5.56 Å². The van der Waals surface area contributed by atoms with E-state index in [1.807, 2.05) is 12.1 Å². The van der Waals surface area contributed by atoms with Crippen LogP contribution in [0.2, 0.25) is 5.02 Å². The van der Waals surface area contributed by atoms with Gasteiger partial charge in [-0.3, -0.25) is 9.89 Å². The third-order valence-electron chi connectivity index (χ3n) is 5.12. The summed E-state index contributed by atoms with van der Waals surface area (Å²) < 4.78 is 2.11. The Morgan fingerprint density at radius 1 is 1.14 bits per heavy atom. The SMILES string of the molecule is CCCN=C(NCCn1cnnc1CC)N1CCN(Cc2ccc(Cl)cc2)CC1. The summed E-state index contributed by atoms with van der Waals surface area (Å²) in [7, 11) is 0. The molecule has 0 aliphatic carbocycles. The van der Waals surface area contributed by atoms with Gasteiger partial charge in [0.15, 0.2) is 5.96 Å². The Labute approximate surface area is 178 Å². The highest BCUT2D eigenvalue weighted by molar-refractivity contribution is 6.30. The number of benzene rings is 1. The molecule has 0 atom stereocenters. The van der Waals surface area contributed by atoms with Gasteiger partial charge in [-0.05, 0) is 24.1 Å². The van der Waals surface area contributed by atoms with Crippen LogP contribution in [-0.4, -0.2) is 69.8 Å². The third kappa shape index (κ3) is 6.44. The number of hydrogen-bond acceptors (Lipinski definition) is 4. The van der Waals surface area contributed by atoms with Gasteiger partial charge < -0.3 is 14.8 Å². The first kappa shape index (κ1) is 21.6. The summed E-state index contributed by atoms with van der Waals surface area (Å²) in [5.74, 6) is 2.04. The number of nitrogens with zero attached hydrogens (tertiary/aromatic N) is 6. The normalized spacial score (nSPS) is 15.7. The first-order chi connectivity index (χ1) is 14.2. The van der Waals surface area contributed by atoms with Crippen LogP contribution in [0.4, 0.5) is 0 Å². The predicted molar refractivity (Wildman–Crippen MR) is 118 cm³/mol. The van der Waals surface area contributed by atoms with Gasteiger partial charge in [0.05, 0.1) is 0 Å². The van der Waals surface area contributed by atoms with E-state index in [2.05, 4.69) is 55.9 Å². The molecule has 1 fully saturated rings. The van der Waals surface area contributed by atoms with Crippen LogP contribution in [0.1, 0.15) is 31.7 Å². The Bertz CT molecular complexity index is 764. The second-order valence-corrected chi connectivity index (χ2v) is 7.75. The number of guanidine groups is 1. The standard InChI is InChI=1S/C21H32ClN7/c1-3-9-23-21(24-10-11-29-17-25-26-20(29)4-2)28-14-12-27(13-15-28)16-18-5-7-19(22)8-6-18/h5-8,17H,3-4,9-16H2,1-2H3,(H,23,24). The number of nitrogens with one attached hydrogen (secondary N) is 1. The Kier molecular flexibility index (Phi) is 8.31. The molecule has 0 amide bonds. The summed E-state index contributed by atoms with van der Waals surface area (Å²) in [6.45, 7) is 11.8. The number of aromatic nitrogens is 3. The summed E-state index contributed by atoms with van der Waals surface area (Å²) in [5.41, 5.74) is 1.31. The maximum absolute atomic E-state index is 5.99. The lowest BCUT2D eigenvalue weighted by atomic mass is 10.2. The lowest BCUT2D eigenvalue weighted by Gasteiger charge is -2.36. The number of hydrogen-bond donors (Lipinski definition) is 1. The van der Waals surface area contributed by atoms with Crippen LogP contribution in [0.25, 0.3) is 0 Å². The van der Waals surface area contributed by atoms with Crippen molar-refractivity contribution in [2.75, 3.05) is 39.3 Å². The van der Waals surface area contributed by atoms with Gasteiger partial charge in [0.1, 0.15) is 12.2 Å². The molecule has 1 saturated heterocycles. The molecule has 1 aromatic carbocycles. The topological polar surface area (TPSA) is 61.6 Å². The summed E-state index contributed by atoms with van der Waals surface area (Å²) >= 11 is 5.99. The van der Waals surface area contributed by atoms with E-state index in [0.29, 0.717) is 0 Å². The van der Waals surface area contributed by atoms with Gasteiger partial charge in [0.2, 0.25) is 0 Å². The number of aliphatic imine (C=N–C) groups is 1. The first-order valence-corrected chi connectivity index (χ1v) is 10.9. The van der Waals surface area contributed by atoms with Crippen molar-refractivity contribution >= 4 is 17.6 Å². The lowest BCUT2D eigenvalue weighted by Crippen LogP contribution is -2.52. The zero-order valence-electron chi connectivity index (χ0n) is 17.5. The van der Waals surface area contributed by atoms with Gasteiger partial charge in [0, 0.05) is 63.8 Å². The summed E-state index contributed by atoms with van der Waals surface area (Å²) in [4.78, 5) is 9.67. The molecular weight excluding hydrogens is 386 g/mol. The molecule has 1 aliphatic rings. The largest absolute Gasteiger partial charge is 0.354 e. The molecule has 29 heavy (non-hydrogen) atoms. The number of rotatable bonds is 8. The molecule has 1 N–H and O–H groups in total. The van der Waals surface area contributed by atoms with Gasteiger partial charge in [-0.2, -0.15) is 0 Å². The molecule has 158 valence electrons. The number of piperazine rings is 1. The molecule has 2 aromatic rings. The maximum Gasteiger partial charge on any atom is 0.194 e. The fourth-order valence-corrected chi connectivity index (χ4v) is 3.60. The van der Waals surface area contributed by atoms with Crippen molar-refractivity contribution in [3.8, 4) is 0 Å². The van der Waals surface area contributed by atoms with E-state index >= 15 is 0 Å². The number of halogens is 1. The van der Waals surface area contributed by atoms with E-state index in [0.717, 1.165) is 82.0 Å². The smallest absolute Gasteiger partial charge is 0.194 e. The predicted octanol–water partition coefficient (Wildman–Crippen LogP) is 2.67. The molecule has 8 heteroatoms. The van der Waals surface area contributed by atoms with E-state index in [9.17, 15) is 0 Å². The van der Waals surface area contributed by atoms with Gasteiger partial charge in [0.25, 0.3) is 0 Å².